The smallest absolute Gasteiger partial charge is 0.194 e. The second-order valence-electron chi connectivity index (χ2n) is 2.19. The third-order valence-corrected chi connectivity index (χ3v) is 0.901. The highest BCUT2D eigenvalue weighted by Gasteiger charge is 2.09. The Hall–Kier alpha value is -0.340. The summed E-state index contributed by atoms with van der Waals surface area (Å²) in [5.74, 6) is 0. The Balaban J connectivity index is 0.000000490. The summed E-state index contributed by atoms with van der Waals surface area (Å²) in [5, 5.41) is 0. The van der Waals surface area contributed by atoms with Crippen LogP contribution in [0.4, 0.5) is 0 Å². The molecule has 0 unspecified atom stereocenters. The van der Waals surface area contributed by atoms with Crippen LogP contribution in [0.3, 0.4) is 0 Å². The maximum atomic E-state index is 3.90. The highest BCUT2D eigenvalue weighted by atomic mass is 35.5. The quantitative estimate of drug-likeness (QED) is 0.326. The molecule has 0 aromatic carbocycles. The van der Waals surface area contributed by atoms with Crippen LogP contribution in [0.5, 0.6) is 0 Å². The number of aliphatic imine (C=N–C) groups is 1. The lowest BCUT2D eigenvalue weighted by Gasteiger charge is -2.12. The zero-order valence-corrected chi connectivity index (χ0v) is 5.76. The lowest BCUT2D eigenvalue weighted by atomic mass is 10.7. The molecule has 1 heterocycles. The molecule has 0 aliphatic carbocycles. The molecule has 1 aliphatic rings. The van der Waals surface area contributed by atoms with Crippen molar-refractivity contribution in [2.45, 2.75) is 0 Å². The Morgan fingerprint density at radius 1 is 1.38 bits per heavy atom. The molecule has 8 heavy (non-hydrogen) atoms. The maximum absolute atomic E-state index is 3.90. The van der Waals surface area contributed by atoms with Gasteiger partial charge in [-0.2, -0.15) is 0 Å². The summed E-state index contributed by atoms with van der Waals surface area (Å²) in [6.45, 7) is 0. The lowest BCUT2D eigenvalue weighted by molar-refractivity contribution is -0.732. The molecule has 0 radical (unpaired) electrons. The molecule has 3 heteroatoms. The van der Waals surface area contributed by atoms with Gasteiger partial charge in [-0.15, -0.1) is 0 Å². The summed E-state index contributed by atoms with van der Waals surface area (Å²) in [4.78, 5) is 3.90. The van der Waals surface area contributed by atoms with Gasteiger partial charge in [0.25, 0.3) is 0 Å². The van der Waals surface area contributed by atoms with Crippen molar-refractivity contribution in [1.82, 2.24) is 0 Å². The standard InChI is InChI=1S/C5H9N2.ClH/c1-7(2)4-3-6-5-7;/h3-5H,1-2H3;1H/q+1;/p-1. The first-order chi connectivity index (χ1) is 3.21. The highest BCUT2D eigenvalue weighted by molar-refractivity contribution is 5.50. The summed E-state index contributed by atoms with van der Waals surface area (Å²) in [5.41, 5.74) is 0. The predicted octanol–water partition coefficient (Wildman–Crippen LogP) is -2.42. The molecule has 46 valence electrons. The van der Waals surface area contributed by atoms with E-state index in [1.165, 1.54) is 0 Å². The van der Waals surface area contributed by atoms with Crippen LogP contribution >= 0.6 is 0 Å². The fraction of sp³-hybridized carbons (Fsp3) is 0.400. The third-order valence-electron chi connectivity index (χ3n) is 0.901. The Morgan fingerprint density at radius 2 is 2.00 bits per heavy atom. The van der Waals surface area contributed by atoms with E-state index in [4.69, 9.17) is 0 Å². The molecular formula is C5H9ClN2. The van der Waals surface area contributed by atoms with Crippen molar-refractivity contribution in [3.05, 3.63) is 12.4 Å². The minimum absolute atomic E-state index is 0. The zero-order chi connectivity index (χ0) is 5.33. The predicted molar refractivity (Wildman–Crippen MR) is 29.7 cm³/mol. The van der Waals surface area contributed by atoms with Gasteiger partial charge in [-0.05, 0) is 0 Å². The number of quaternary nitrogens is 1. The van der Waals surface area contributed by atoms with E-state index in [0.717, 1.165) is 4.48 Å². The van der Waals surface area contributed by atoms with E-state index in [1.54, 1.807) is 6.20 Å². The highest BCUT2D eigenvalue weighted by Crippen LogP contribution is 1.99. The number of nitrogens with zero attached hydrogens (tertiary/aromatic N) is 2. The van der Waals surface area contributed by atoms with E-state index in [0.29, 0.717) is 0 Å². The van der Waals surface area contributed by atoms with E-state index in [2.05, 4.69) is 19.1 Å². The average Bonchev–Trinajstić information content (AvgIpc) is 1.84. The van der Waals surface area contributed by atoms with E-state index in [1.807, 2.05) is 12.5 Å². The van der Waals surface area contributed by atoms with Crippen LogP contribution in [-0.4, -0.2) is 24.9 Å². The van der Waals surface area contributed by atoms with Gasteiger partial charge in [0.2, 0.25) is 0 Å². The average molecular weight is 133 g/mol. The Labute approximate surface area is 55.5 Å². The van der Waals surface area contributed by atoms with E-state index in [9.17, 15) is 0 Å². The lowest BCUT2D eigenvalue weighted by Crippen LogP contribution is -3.00. The van der Waals surface area contributed by atoms with Crippen LogP contribution < -0.4 is 12.4 Å². The van der Waals surface area contributed by atoms with Gasteiger partial charge in [0.05, 0.1) is 20.3 Å². The normalized spacial score (nSPS) is 20.8. The maximum Gasteiger partial charge on any atom is 0.194 e. The van der Waals surface area contributed by atoms with Crippen molar-refractivity contribution in [1.29, 1.82) is 0 Å². The van der Waals surface area contributed by atoms with Crippen LogP contribution in [0, 0.1) is 0 Å². The van der Waals surface area contributed by atoms with Crippen LogP contribution in [-0.2, 0) is 0 Å². The Morgan fingerprint density at radius 3 is 2.12 bits per heavy atom. The van der Waals surface area contributed by atoms with E-state index in [-0.39, 0.29) is 12.4 Å². The van der Waals surface area contributed by atoms with Gasteiger partial charge in [0, 0.05) is 0 Å². The first-order valence-electron chi connectivity index (χ1n) is 2.26. The van der Waals surface area contributed by atoms with Crippen molar-refractivity contribution < 1.29 is 16.9 Å². The minimum Gasteiger partial charge on any atom is -1.00 e. The fourth-order valence-corrected chi connectivity index (χ4v) is 0.459. The molecule has 0 fully saturated rings. The first-order valence-corrected chi connectivity index (χ1v) is 2.26. The number of hydrogen-bond acceptors (Lipinski definition) is 1. The summed E-state index contributed by atoms with van der Waals surface area (Å²) in [6, 6.07) is 0. The van der Waals surface area contributed by atoms with E-state index < -0.39 is 0 Å². The number of rotatable bonds is 0. The molecule has 0 spiro atoms. The summed E-state index contributed by atoms with van der Waals surface area (Å²) >= 11 is 0. The van der Waals surface area contributed by atoms with Gasteiger partial charge in [-0.1, -0.05) is 0 Å². The Kier molecular flexibility index (Phi) is 2.19. The van der Waals surface area contributed by atoms with Crippen molar-refractivity contribution >= 4 is 6.34 Å². The monoisotopic (exact) mass is 132 g/mol. The molecule has 1 aliphatic heterocycles. The first kappa shape index (κ1) is 7.66. The van der Waals surface area contributed by atoms with Gasteiger partial charge in [-0.25, -0.2) is 4.99 Å². The topological polar surface area (TPSA) is 12.4 Å². The van der Waals surface area contributed by atoms with Gasteiger partial charge in [-0.3, -0.25) is 4.48 Å². The largest absolute Gasteiger partial charge is 1.00 e. The Bertz CT molecular complexity index is 112. The van der Waals surface area contributed by atoms with Crippen molar-refractivity contribution in [3.8, 4) is 0 Å². The molecule has 0 atom stereocenters. The number of hydrogen-bond donors (Lipinski definition) is 0. The molecule has 2 nitrogen and oxygen atoms in total. The SMILES string of the molecule is C[N+]1(C)C=CN=C1.[Cl-]. The van der Waals surface area contributed by atoms with Crippen molar-refractivity contribution in [3.63, 3.8) is 0 Å². The van der Waals surface area contributed by atoms with Gasteiger partial charge in [0.15, 0.2) is 6.34 Å². The summed E-state index contributed by atoms with van der Waals surface area (Å²) in [6.07, 6.45) is 5.69. The van der Waals surface area contributed by atoms with Gasteiger partial charge >= 0.3 is 0 Å². The second kappa shape index (κ2) is 2.29. The molecule has 0 saturated heterocycles. The van der Waals surface area contributed by atoms with Crippen molar-refractivity contribution in [2.24, 2.45) is 4.99 Å². The van der Waals surface area contributed by atoms with Crippen LogP contribution in [0.15, 0.2) is 17.4 Å². The molecule has 0 bridgehead atoms. The van der Waals surface area contributed by atoms with Crippen LogP contribution in [0.25, 0.3) is 0 Å². The van der Waals surface area contributed by atoms with Crippen LogP contribution in [0.1, 0.15) is 0 Å². The third kappa shape index (κ3) is 1.64. The minimum atomic E-state index is 0. The second-order valence-corrected chi connectivity index (χ2v) is 2.19. The molecule has 1 rings (SSSR count). The van der Waals surface area contributed by atoms with Crippen LogP contribution in [0.2, 0.25) is 0 Å². The van der Waals surface area contributed by atoms with E-state index >= 15 is 0 Å². The molecule has 0 aromatic heterocycles. The van der Waals surface area contributed by atoms with Gasteiger partial charge in [0.1, 0.15) is 6.20 Å². The molecule has 0 amide bonds. The van der Waals surface area contributed by atoms with Crippen molar-refractivity contribution in [2.75, 3.05) is 14.1 Å². The number of halogens is 1. The fourth-order valence-electron chi connectivity index (χ4n) is 0.459. The zero-order valence-electron chi connectivity index (χ0n) is 5.00. The van der Waals surface area contributed by atoms with Gasteiger partial charge < -0.3 is 12.4 Å². The summed E-state index contributed by atoms with van der Waals surface area (Å²) in [7, 11) is 4.12. The molecular weight excluding hydrogens is 124 g/mol. The molecule has 0 aromatic rings. The molecule has 0 saturated carbocycles. The molecule has 0 N–H and O–H groups in total. The summed E-state index contributed by atoms with van der Waals surface area (Å²) < 4.78 is 0.778.